The zero-order valence-electron chi connectivity index (χ0n) is 12.6. The van der Waals surface area contributed by atoms with Gasteiger partial charge in [-0.2, -0.15) is 0 Å². The van der Waals surface area contributed by atoms with Gasteiger partial charge in [-0.3, -0.25) is 0 Å². The molecule has 1 heterocycles. The van der Waals surface area contributed by atoms with Crippen molar-refractivity contribution < 1.29 is 14.3 Å². The number of benzene rings is 1. The molecule has 0 spiro atoms. The van der Waals surface area contributed by atoms with Gasteiger partial charge < -0.3 is 20.5 Å². The summed E-state index contributed by atoms with van der Waals surface area (Å²) in [6.45, 7) is 6.00. The Morgan fingerprint density at radius 1 is 1.41 bits per heavy atom. The van der Waals surface area contributed by atoms with Crippen molar-refractivity contribution in [1.82, 2.24) is 10.3 Å². The molecular formula is C14H18ClN3O3S. The molecule has 2 aromatic rings. The Bertz CT molecular complexity index is 682. The predicted molar refractivity (Wildman–Crippen MR) is 88.8 cm³/mol. The fraction of sp³-hybridized carbons (Fsp3) is 0.429. The number of anilines is 1. The Hall–Kier alpha value is -1.73. The van der Waals surface area contributed by atoms with Gasteiger partial charge in [0.05, 0.1) is 9.72 Å². The van der Waals surface area contributed by atoms with Crippen LogP contribution in [0.5, 0.6) is 5.75 Å². The maximum Gasteiger partial charge on any atom is 0.407 e. The molecule has 0 radical (unpaired) electrons. The molecule has 0 aliphatic rings. The number of nitrogens with two attached hydrogens (primary N) is 1. The van der Waals surface area contributed by atoms with Crippen LogP contribution in [0, 0.1) is 0 Å². The first-order chi connectivity index (χ1) is 10.2. The number of carbonyl (C=O) groups is 1. The fourth-order valence-electron chi connectivity index (χ4n) is 1.70. The van der Waals surface area contributed by atoms with E-state index in [-0.39, 0.29) is 18.8 Å². The van der Waals surface area contributed by atoms with E-state index >= 15 is 0 Å². The third-order valence-corrected chi connectivity index (χ3v) is 3.62. The van der Waals surface area contributed by atoms with E-state index in [4.69, 9.17) is 26.8 Å². The van der Waals surface area contributed by atoms with Crippen LogP contribution < -0.4 is 15.8 Å². The normalized spacial score (nSPS) is 11.5. The molecule has 0 bridgehead atoms. The number of halogens is 1. The lowest BCUT2D eigenvalue weighted by atomic mass is 10.1. The largest absolute Gasteiger partial charge is 0.490 e. The Balaban J connectivity index is 1.86. The topological polar surface area (TPSA) is 86.5 Å². The van der Waals surface area contributed by atoms with Gasteiger partial charge in [-0.1, -0.05) is 22.9 Å². The van der Waals surface area contributed by atoms with Gasteiger partial charge >= 0.3 is 6.09 Å². The van der Waals surface area contributed by atoms with Crippen LogP contribution in [-0.4, -0.2) is 29.8 Å². The van der Waals surface area contributed by atoms with Crippen LogP contribution in [-0.2, 0) is 4.74 Å². The molecule has 0 atom stereocenters. The second-order valence-corrected chi connectivity index (χ2v) is 7.13. The summed E-state index contributed by atoms with van der Waals surface area (Å²) in [4.78, 5) is 15.6. The third kappa shape index (κ3) is 4.64. The minimum Gasteiger partial charge on any atom is -0.490 e. The van der Waals surface area contributed by atoms with Gasteiger partial charge in [0.1, 0.15) is 24.5 Å². The molecule has 8 heteroatoms. The lowest BCUT2D eigenvalue weighted by Crippen LogP contribution is -2.41. The van der Waals surface area contributed by atoms with Gasteiger partial charge in [0.15, 0.2) is 5.13 Å². The molecule has 1 aromatic heterocycles. The summed E-state index contributed by atoms with van der Waals surface area (Å²) < 4.78 is 11.4. The number of fused-ring (bicyclic) bond motifs is 1. The first-order valence-corrected chi connectivity index (χ1v) is 7.87. The van der Waals surface area contributed by atoms with Crippen molar-refractivity contribution in [3.8, 4) is 5.75 Å². The highest BCUT2D eigenvalue weighted by Gasteiger charge is 2.14. The number of amides is 1. The van der Waals surface area contributed by atoms with Gasteiger partial charge in [0.2, 0.25) is 0 Å². The number of hydrogen-bond donors (Lipinski definition) is 2. The Morgan fingerprint density at radius 3 is 2.82 bits per heavy atom. The maximum absolute atomic E-state index is 11.5. The number of hydrogen-bond acceptors (Lipinski definition) is 6. The monoisotopic (exact) mass is 343 g/mol. The molecular weight excluding hydrogens is 326 g/mol. The van der Waals surface area contributed by atoms with E-state index in [0.717, 1.165) is 4.70 Å². The molecule has 2 rings (SSSR count). The zero-order chi connectivity index (χ0) is 16.3. The summed E-state index contributed by atoms with van der Waals surface area (Å²) >= 11 is 7.46. The van der Waals surface area contributed by atoms with Crippen LogP contribution in [0.25, 0.3) is 10.2 Å². The van der Waals surface area contributed by atoms with Crippen LogP contribution in [0.1, 0.15) is 20.8 Å². The Morgan fingerprint density at radius 2 is 2.14 bits per heavy atom. The summed E-state index contributed by atoms with van der Waals surface area (Å²) in [5.74, 6) is 0.584. The van der Waals surface area contributed by atoms with Crippen LogP contribution in [0.2, 0.25) is 5.02 Å². The number of alkyl carbamates (subject to hydrolysis) is 1. The number of nitrogens with one attached hydrogen (secondary N) is 1. The number of nitrogen functional groups attached to an aromatic ring is 1. The number of aromatic nitrogens is 1. The molecule has 0 aliphatic heterocycles. The molecule has 1 aromatic carbocycles. The minimum absolute atomic E-state index is 0.141. The second kappa shape index (κ2) is 6.58. The first kappa shape index (κ1) is 16.6. The van der Waals surface area contributed by atoms with Gasteiger partial charge in [-0.25, -0.2) is 9.78 Å². The molecule has 0 saturated heterocycles. The van der Waals surface area contributed by atoms with Crippen LogP contribution in [0.15, 0.2) is 12.1 Å². The number of thiazole rings is 1. The lowest BCUT2D eigenvalue weighted by Gasteiger charge is -2.19. The number of rotatable bonds is 4. The summed E-state index contributed by atoms with van der Waals surface area (Å²) in [5, 5.41) is 3.63. The SMILES string of the molecule is CC(C)(C)NC(=O)OCCOc1cc(Cl)c2nc(N)sc2c1. The van der Waals surface area contributed by atoms with E-state index in [0.29, 0.717) is 21.4 Å². The van der Waals surface area contributed by atoms with Gasteiger partial charge in [-0.15, -0.1) is 0 Å². The smallest absolute Gasteiger partial charge is 0.407 e. The van der Waals surface area contributed by atoms with Crippen LogP contribution >= 0.6 is 22.9 Å². The van der Waals surface area contributed by atoms with E-state index < -0.39 is 6.09 Å². The first-order valence-electron chi connectivity index (χ1n) is 6.68. The molecule has 3 N–H and O–H groups in total. The number of carbonyl (C=O) groups excluding carboxylic acids is 1. The van der Waals surface area contributed by atoms with Crippen LogP contribution in [0.3, 0.4) is 0 Å². The van der Waals surface area contributed by atoms with E-state index in [9.17, 15) is 4.79 Å². The van der Waals surface area contributed by atoms with Gasteiger partial charge in [-0.05, 0) is 26.8 Å². The quantitative estimate of drug-likeness (QED) is 0.830. The highest BCUT2D eigenvalue weighted by Crippen LogP contribution is 2.33. The standard InChI is InChI=1S/C14H18ClN3O3S/c1-14(2,3)18-13(19)21-5-4-20-8-6-9(15)11-10(7-8)22-12(16)17-11/h6-7H,4-5H2,1-3H3,(H2,16,17)(H,18,19). The predicted octanol–water partition coefficient (Wildman–Crippen LogP) is 3.44. The van der Waals surface area contributed by atoms with Crippen molar-refractivity contribution in [2.24, 2.45) is 0 Å². The lowest BCUT2D eigenvalue weighted by molar-refractivity contribution is 0.118. The molecule has 22 heavy (non-hydrogen) atoms. The minimum atomic E-state index is -0.472. The zero-order valence-corrected chi connectivity index (χ0v) is 14.2. The maximum atomic E-state index is 11.5. The molecule has 120 valence electrons. The highest BCUT2D eigenvalue weighted by atomic mass is 35.5. The van der Waals surface area contributed by atoms with Gasteiger partial charge in [0.25, 0.3) is 0 Å². The summed E-state index contributed by atoms with van der Waals surface area (Å²) in [7, 11) is 0. The van der Waals surface area contributed by atoms with Crippen molar-refractivity contribution in [3.05, 3.63) is 17.2 Å². The van der Waals surface area contributed by atoms with E-state index in [1.54, 1.807) is 6.07 Å². The van der Waals surface area contributed by atoms with Crippen LogP contribution in [0.4, 0.5) is 9.93 Å². The van der Waals surface area contributed by atoms with Crippen molar-refractivity contribution >= 4 is 44.4 Å². The molecule has 0 fully saturated rings. The summed E-state index contributed by atoms with van der Waals surface area (Å²) in [6, 6.07) is 3.47. The average Bonchev–Trinajstić information content (AvgIpc) is 2.74. The van der Waals surface area contributed by atoms with Crippen molar-refractivity contribution in [2.45, 2.75) is 26.3 Å². The highest BCUT2D eigenvalue weighted by molar-refractivity contribution is 7.22. The Labute approximate surface area is 137 Å². The van der Waals surface area contributed by atoms with E-state index in [2.05, 4.69) is 10.3 Å². The fourth-order valence-corrected chi connectivity index (χ4v) is 2.80. The summed E-state index contributed by atoms with van der Waals surface area (Å²) in [5.41, 5.74) is 5.99. The molecule has 0 saturated carbocycles. The number of nitrogens with zero attached hydrogens (tertiary/aromatic N) is 1. The third-order valence-electron chi connectivity index (χ3n) is 2.50. The Kier molecular flexibility index (Phi) is 4.97. The summed E-state index contributed by atoms with van der Waals surface area (Å²) in [6.07, 6.45) is -0.472. The van der Waals surface area contributed by atoms with Crippen molar-refractivity contribution in [1.29, 1.82) is 0 Å². The molecule has 1 amide bonds. The van der Waals surface area contributed by atoms with E-state index in [1.807, 2.05) is 26.8 Å². The van der Waals surface area contributed by atoms with E-state index in [1.165, 1.54) is 11.3 Å². The van der Waals surface area contributed by atoms with Crippen molar-refractivity contribution in [3.63, 3.8) is 0 Å². The molecule has 6 nitrogen and oxygen atoms in total. The van der Waals surface area contributed by atoms with Crippen molar-refractivity contribution in [2.75, 3.05) is 18.9 Å². The second-order valence-electron chi connectivity index (χ2n) is 5.66. The van der Waals surface area contributed by atoms with Gasteiger partial charge in [0, 0.05) is 11.6 Å². The average molecular weight is 344 g/mol. The molecule has 0 aliphatic carbocycles. The number of ether oxygens (including phenoxy) is 2. The molecule has 0 unspecified atom stereocenters.